The van der Waals surface area contributed by atoms with E-state index in [1.165, 1.54) is 30.5 Å². The molecule has 1 fully saturated rings. The molecule has 1 aliphatic heterocycles. The molecule has 1 aromatic carbocycles. The predicted octanol–water partition coefficient (Wildman–Crippen LogP) is 2.58. The van der Waals surface area contributed by atoms with Crippen LogP contribution in [-0.4, -0.2) is 37.7 Å². The lowest BCUT2D eigenvalue weighted by Gasteiger charge is -2.34. The fourth-order valence-corrected chi connectivity index (χ4v) is 2.89. The van der Waals surface area contributed by atoms with Crippen LogP contribution in [0.1, 0.15) is 30.9 Å². The summed E-state index contributed by atoms with van der Waals surface area (Å²) >= 11 is 0. The first-order valence-electron chi connectivity index (χ1n) is 7.33. The second-order valence-corrected chi connectivity index (χ2v) is 5.38. The standard InChI is InChI=1S/C16H26N2O/c1-4-18(15-6-5-9-17-11-15)12-14-10-13(2)7-8-16(14)19-3/h7-8,10,15,17H,4-6,9,11-12H2,1-3H3. The zero-order valence-electron chi connectivity index (χ0n) is 12.4. The van der Waals surface area contributed by atoms with Gasteiger partial charge in [0.15, 0.2) is 0 Å². The lowest BCUT2D eigenvalue weighted by Crippen LogP contribution is -2.45. The molecule has 1 aromatic rings. The largest absolute Gasteiger partial charge is 0.496 e. The second-order valence-electron chi connectivity index (χ2n) is 5.38. The summed E-state index contributed by atoms with van der Waals surface area (Å²) in [6.07, 6.45) is 2.58. The zero-order valence-corrected chi connectivity index (χ0v) is 12.4. The third-order valence-electron chi connectivity index (χ3n) is 4.00. The molecule has 1 saturated heterocycles. The van der Waals surface area contributed by atoms with E-state index in [2.05, 4.69) is 42.3 Å². The van der Waals surface area contributed by atoms with Gasteiger partial charge in [0.1, 0.15) is 5.75 Å². The van der Waals surface area contributed by atoms with Gasteiger partial charge in [0, 0.05) is 24.7 Å². The molecule has 1 unspecified atom stereocenters. The Kier molecular flexibility index (Phi) is 5.23. The summed E-state index contributed by atoms with van der Waals surface area (Å²) in [7, 11) is 1.76. The number of benzene rings is 1. The van der Waals surface area contributed by atoms with Crippen LogP contribution in [0.2, 0.25) is 0 Å². The Bertz CT molecular complexity index is 400. The highest BCUT2D eigenvalue weighted by atomic mass is 16.5. The van der Waals surface area contributed by atoms with Crippen molar-refractivity contribution < 1.29 is 4.74 Å². The summed E-state index contributed by atoms with van der Waals surface area (Å²) in [6, 6.07) is 7.10. The van der Waals surface area contributed by atoms with Gasteiger partial charge in [-0.2, -0.15) is 0 Å². The van der Waals surface area contributed by atoms with E-state index in [0.29, 0.717) is 6.04 Å². The summed E-state index contributed by atoms with van der Waals surface area (Å²) < 4.78 is 5.49. The van der Waals surface area contributed by atoms with E-state index in [4.69, 9.17) is 4.74 Å². The highest BCUT2D eigenvalue weighted by molar-refractivity contribution is 5.36. The number of likely N-dealkylation sites (N-methyl/N-ethyl adjacent to an activating group) is 1. The van der Waals surface area contributed by atoms with Crippen LogP contribution in [0.4, 0.5) is 0 Å². The number of piperidine rings is 1. The van der Waals surface area contributed by atoms with Crippen LogP contribution in [0.15, 0.2) is 18.2 Å². The van der Waals surface area contributed by atoms with E-state index in [9.17, 15) is 0 Å². The average molecular weight is 262 g/mol. The highest BCUT2D eigenvalue weighted by Gasteiger charge is 2.20. The highest BCUT2D eigenvalue weighted by Crippen LogP contribution is 2.23. The molecule has 0 saturated carbocycles. The second kappa shape index (κ2) is 6.92. The van der Waals surface area contributed by atoms with Crippen LogP contribution in [0.25, 0.3) is 0 Å². The molecule has 2 rings (SSSR count). The van der Waals surface area contributed by atoms with Crippen molar-refractivity contribution in [3.05, 3.63) is 29.3 Å². The van der Waals surface area contributed by atoms with Crippen molar-refractivity contribution in [2.24, 2.45) is 0 Å². The number of aryl methyl sites for hydroxylation is 1. The van der Waals surface area contributed by atoms with Crippen molar-refractivity contribution in [2.75, 3.05) is 26.7 Å². The lowest BCUT2D eigenvalue weighted by molar-refractivity contribution is 0.164. The monoisotopic (exact) mass is 262 g/mol. The maximum atomic E-state index is 5.49. The summed E-state index contributed by atoms with van der Waals surface area (Å²) in [4.78, 5) is 2.56. The van der Waals surface area contributed by atoms with Crippen LogP contribution in [0, 0.1) is 6.92 Å². The third-order valence-corrected chi connectivity index (χ3v) is 4.00. The number of nitrogens with one attached hydrogen (secondary N) is 1. The number of ether oxygens (including phenoxy) is 1. The molecule has 3 heteroatoms. The van der Waals surface area contributed by atoms with Gasteiger partial charge in [-0.25, -0.2) is 0 Å². The number of rotatable bonds is 5. The Morgan fingerprint density at radius 3 is 2.89 bits per heavy atom. The topological polar surface area (TPSA) is 24.5 Å². The van der Waals surface area contributed by atoms with Crippen LogP contribution >= 0.6 is 0 Å². The Balaban J connectivity index is 2.10. The van der Waals surface area contributed by atoms with Gasteiger partial charge in [-0.05, 0) is 38.9 Å². The van der Waals surface area contributed by atoms with Crippen molar-refractivity contribution in [3.8, 4) is 5.75 Å². The molecule has 1 heterocycles. The smallest absolute Gasteiger partial charge is 0.123 e. The Morgan fingerprint density at radius 1 is 1.42 bits per heavy atom. The SMILES string of the molecule is CCN(Cc1cc(C)ccc1OC)C1CCCNC1. The van der Waals surface area contributed by atoms with Crippen LogP contribution in [-0.2, 0) is 6.54 Å². The minimum atomic E-state index is 0.656. The van der Waals surface area contributed by atoms with E-state index in [0.717, 1.165) is 25.4 Å². The van der Waals surface area contributed by atoms with Gasteiger partial charge in [-0.15, -0.1) is 0 Å². The first-order chi connectivity index (χ1) is 9.24. The third kappa shape index (κ3) is 3.71. The summed E-state index contributed by atoms with van der Waals surface area (Å²) in [6.45, 7) is 8.74. The van der Waals surface area contributed by atoms with Gasteiger partial charge in [-0.3, -0.25) is 4.90 Å². The van der Waals surface area contributed by atoms with Crippen molar-refractivity contribution in [2.45, 2.75) is 39.3 Å². The number of nitrogens with zero attached hydrogens (tertiary/aromatic N) is 1. The molecule has 0 bridgehead atoms. The van der Waals surface area contributed by atoms with Gasteiger partial charge in [0.2, 0.25) is 0 Å². The molecule has 1 atom stereocenters. The molecule has 0 aromatic heterocycles. The van der Waals surface area contributed by atoms with Crippen molar-refractivity contribution in [1.29, 1.82) is 0 Å². The minimum absolute atomic E-state index is 0.656. The fraction of sp³-hybridized carbons (Fsp3) is 0.625. The predicted molar refractivity (Wildman–Crippen MR) is 79.7 cm³/mol. The summed E-state index contributed by atoms with van der Waals surface area (Å²) in [5, 5.41) is 3.50. The molecule has 1 N–H and O–H groups in total. The molecule has 0 radical (unpaired) electrons. The van der Waals surface area contributed by atoms with Gasteiger partial charge >= 0.3 is 0 Å². The number of hydrogen-bond acceptors (Lipinski definition) is 3. The maximum absolute atomic E-state index is 5.49. The van der Waals surface area contributed by atoms with Crippen LogP contribution in [0.5, 0.6) is 5.75 Å². The molecule has 0 amide bonds. The van der Waals surface area contributed by atoms with Crippen molar-refractivity contribution in [1.82, 2.24) is 10.2 Å². The van der Waals surface area contributed by atoms with Gasteiger partial charge in [-0.1, -0.05) is 24.6 Å². The first-order valence-corrected chi connectivity index (χ1v) is 7.33. The Hall–Kier alpha value is -1.06. The summed E-state index contributed by atoms with van der Waals surface area (Å²) in [5.74, 6) is 1.01. The van der Waals surface area contributed by atoms with Gasteiger partial charge < -0.3 is 10.1 Å². The van der Waals surface area contributed by atoms with E-state index in [-0.39, 0.29) is 0 Å². The normalized spacial score (nSPS) is 19.7. The average Bonchev–Trinajstić information content (AvgIpc) is 2.46. The lowest BCUT2D eigenvalue weighted by atomic mass is 10.0. The molecule has 3 nitrogen and oxygen atoms in total. The number of methoxy groups -OCH3 is 1. The van der Waals surface area contributed by atoms with E-state index in [1.807, 2.05) is 0 Å². The Labute approximate surface area is 116 Å². The van der Waals surface area contributed by atoms with Crippen molar-refractivity contribution in [3.63, 3.8) is 0 Å². The van der Waals surface area contributed by atoms with E-state index >= 15 is 0 Å². The molecule has 0 spiro atoms. The maximum Gasteiger partial charge on any atom is 0.123 e. The molecular weight excluding hydrogens is 236 g/mol. The van der Waals surface area contributed by atoms with E-state index < -0.39 is 0 Å². The molecule has 0 aliphatic carbocycles. The number of hydrogen-bond donors (Lipinski definition) is 1. The van der Waals surface area contributed by atoms with Crippen LogP contribution < -0.4 is 10.1 Å². The van der Waals surface area contributed by atoms with Gasteiger partial charge in [0.05, 0.1) is 7.11 Å². The quantitative estimate of drug-likeness (QED) is 0.882. The zero-order chi connectivity index (χ0) is 13.7. The molecule has 1 aliphatic rings. The van der Waals surface area contributed by atoms with Crippen LogP contribution in [0.3, 0.4) is 0 Å². The van der Waals surface area contributed by atoms with E-state index in [1.54, 1.807) is 7.11 Å². The molecule has 106 valence electrons. The molecule has 19 heavy (non-hydrogen) atoms. The fourth-order valence-electron chi connectivity index (χ4n) is 2.89. The Morgan fingerprint density at radius 2 is 2.26 bits per heavy atom. The summed E-state index contributed by atoms with van der Waals surface area (Å²) in [5.41, 5.74) is 2.60. The first kappa shape index (κ1) is 14.4. The van der Waals surface area contributed by atoms with Crippen molar-refractivity contribution >= 4 is 0 Å². The molecular formula is C16H26N2O. The van der Waals surface area contributed by atoms with Gasteiger partial charge in [0.25, 0.3) is 0 Å². The minimum Gasteiger partial charge on any atom is -0.496 e.